The van der Waals surface area contributed by atoms with Crippen molar-refractivity contribution in [2.45, 2.75) is 19.6 Å². The predicted octanol–water partition coefficient (Wildman–Crippen LogP) is 3.22. The van der Waals surface area contributed by atoms with Crippen LogP contribution in [-0.4, -0.2) is 15.1 Å². The Bertz CT molecular complexity index is 401. The molecule has 15 heavy (non-hydrogen) atoms. The van der Waals surface area contributed by atoms with E-state index < -0.39 is 0 Å². The minimum atomic E-state index is 0.757. The molecule has 0 N–H and O–H groups in total. The molecule has 0 aliphatic heterocycles. The van der Waals surface area contributed by atoms with E-state index in [4.69, 9.17) is 0 Å². The van der Waals surface area contributed by atoms with Crippen molar-refractivity contribution in [2.24, 2.45) is 5.92 Å². The zero-order valence-corrected chi connectivity index (χ0v) is 10.00. The maximum Gasteiger partial charge on any atom is 0.137 e. The second kappa shape index (κ2) is 4.71. The zero-order valence-electron chi connectivity index (χ0n) is 9.18. The Hall–Kier alpha value is -0.960. The molecule has 0 saturated heterocycles. The van der Waals surface area contributed by atoms with Crippen LogP contribution in [0.25, 0.3) is 5.65 Å². The minimum Gasteiger partial charge on any atom is -0.307 e. The average molecular weight is 220 g/mol. The smallest absolute Gasteiger partial charge is 0.137 e. The van der Waals surface area contributed by atoms with Crippen LogP contribution in [0.5, 0.6) is 0 Å². The molecule has 2 aromatic heterocycles. The summed E-state index contributed by atoms with van der Waals surface area (Å²) in [6, 6.07) is 6.09. The first-order valence-corrected chi connectivity index (χ1v) is 6.41. The molecule has 0 amide bonds. The molecule has 2 heterocycles. The summed E-state index contributed by atoms with van der Waals surface area (Å²) in [6.45, 7) is 4.49. The van der Waals surface area contributed by atoms with Crippen LogP contribution in [0.4, 0.5) is 0 Å². The van der Waals surface area contributed by atoms with Crippen molar-refractivity contribution in [1.29, 1.82) is 0 Å². The summed E-state index contributed by atoms with van der Waals surface area (Å²) in [5, 5.41) is 0. The molecule has 0 aliphatic rings. The fourth-order valence-electron chi connectivity index (χ4n) is 1.46. The van der Waals surface area contributed by atoms with Gasteiger partial charge in [0.1, 0.15) is 5.65 Å². The molecule has 80 valence electrons. The lowest BCUT2D eigenvalue weighted by atomic mass is 10.3. The lowest BCUT2D eigenvalue weighted by Gasteiger charge is -2.01. The van der Waals surface area contributed by atoms with Crippen molar-refractivity contribution >= 4 is 17.4 Å². The van der Waals surface area contributed by atoms with Crippen LogP contribution in [-0.2, 0) is 5.75 Å². The Morgan fingerprint density at radius 2 is 2.27 bits per heavy atom. The van der Waals surface area contributed by atoms with Gasteiger partial charge in [0, 0.05) is 18.1 Å². The Morgan fingerprint density at radius 1 is 1.40 bits per heavy atom. The lowest BCUT2D eigenvalue weighted by Crippen LogP contribution is -1.91. The largest absolute Gasteiger partial charge is 0.307 e. The van der Waals surface area contributed by atoms with E-state index in [9.17, 15) is 0 Å². The standard InChI is InChI=1S/C12H16N2S/c1-10(2)8-15-9-11-7-14-6-4-3-5-12(14)13-11/h3-7,10H,8-9H2,1-2H3. The highest BCUT2D eigenvalue weighted by atomic mass is 32.2. The summed E-state index contributed by atoms with van der Waals surface area (Å²) in [5.74, 6) is 2.97. The van der Waals surface area contributed by atoms with Crippen molar-refractivity contribution in [2.75, 3.05) is 5.75 Å². The quantitative estimate of drug-likeness (QED) is 0.787. The first kappa shape index (κ1) is 10.6. The van der Waals surface area contributed by atoms with Crippen molar-refractivity contribution in [1.82, 2.24) is 9.38 Å². The number of imidazole rings is 1. The number of pyridine rings is 1. The molecule has 0 unspecified atom stereocenters. The molecule has 0 radical (unpaired) electrons. The number of rotatable bonds is 4. The number of nitrogens with zero attached hydrogens (tertiary/aromatic N) is 2. The Labute approximate surface area is 94.7 Å². The van der Waals surface area contributed by atoms with Gasteiger partial charge >= 0.3 is 0 Å². The SMILES string of the molecule is CC(C)CSCc1cn2ccccc2n1. The molecular formula is C12H16N2S. The molecule has 2 nitrogen and oxygen atoms in total. The third-order valence-corrected chi connectivity index (χ3v) is 3.52. The molecule has 0 aromatic carbocycles. The van der Waals surface area contributed by atoms with E-state index >= 15 is 0 Å². The highest BCUT2D eigenvalue weighted by Crippen LogP contribution is 2.15. The second-order valence-electron chi connectivity index (χ2n) is 4.11. The molecule has 0 fully saturated rings. The van der Waals surface area contributed by atoms with Crippen molar-refractivity contribution < 1.29 is 0 Å². The molecule has 3 heteroatoms. The van der Waals surface area contributed by atoms with Gasteiger partial charge in [-0.05, 0) is 23.8 Å². The number of fused-ring (bicyclic) bond motifs is 1. The lowest BCUT2D eigenvalue weighted by molar-refractivity contribution is 0.750. The van der Waals surface area contributed by atoms with Gasteiger partial charge in [0.25, 0.3) is 0 Å². The zero-order chi connectivity index (χ0) is 10.7. The van der Waals surface area contributed by atoms with Gasteiger partial charge in [-0.1, -0.05) is 19.9 Å². The Balaban J connectivity index is 2.03. The molecule has 2 rings (SSSR count). The number of aromatic nitrogens is 2. The molecule has 0 spiro atoms. The van der Waals surface area contributed by atoms with E-state index in [0.29, 0.717) is 0 Å². The fraction of sp³-hybridized carbons (Fsp3) is 0.417. The molecule has 0 bridgehead atoms. The average Bonchev–Trinajstić information content (AvgIpc) is 2.59. The summed E-state index contributed by atoms with van der Waals surface area (Å²) >= 11 is 1.95. The van der Waals surface area contributed by atoms with Crippen LogP contribution in [0.1, 0.15) is 19.5 Å². The monoisotopic (exact) mass is 220 g/mol. The predicted molar refractivity (Wildman–Crippen MR) is 66.2 cm³/mol. The van der Waals surface area contributed by atoms with Crippen LogP contribution < -0.4 is 0 Å². The third-order valence-electron chi connectivity index (χ3n) is 2.12. The molecular weight excluding hydrogens is 204 g/mol. The van der Waals surface area contributed by atoms with Gasteiger partial charge in [0.05, 0.1) is 5.69 Å². The highest BCUT2D eigenvalue weighted by molar-refractivity contribution is 7.98. The molecule has 0 aliphatic carbocycles. The Morgan fingerprint density at radius 3 is 3.00 bits per heavy atom. The highest BCUT2D eigenvalue weighted by Gasteiger charge is 2.01. The number of hydrogen-bond acceptors (Lipinski definition) is 2. The van der Waals surface area contributed by atoms with Gasteiger partial charge in [-0.15, -0.1) is 0 Å². The number of hydrogen-bond donors (Lipinski definition) is 0. The van der Waals surface area contributed by atoms with Crippen molar-refractivity contribution in [3.05, 3.63) is 36.3 Å². The first-order valence-electron chi connectivity index (χ1n) is 5.26. The van der Waals surface area contributed by atoms with Gasteiger partial charge in [0.15, 0.2) is 0 Å². The first-order chi connectivity index (χ1) is 7.25. The van der Waals surface area contributed by atoms with E-state index in [1.54, 1.807) is 0 Å². The van der Waals surface area contributed by atoms with Gasteiger partial charge in [0.2, 0.25) is 0 Å². The van der Waals surface area contributed by atoms with Crippen LogP contribution in [0.2, 0.25) is 0 Å². The second-order valence-corrected chi connectivity index (χ2v) is 5.14. The van der Waals surface area contributed by atoms with Gasteiger partial charge in [-0.3, -0.25) is 0 Å². The van der Waals surface area contributed by atoms with Crippen LogP contribution in [0.15, 0.2) is 30.6 Å². The van der Waals surface area contributed by atoms with E-state index in [-0.39, 0.29) is 0 Å². The summed E-state index contributed by atoms with van der Waals surface area (Å²) in [4.78, 5) is 4.55. The molecule has 0 atom stereocenters. The van der Waals surface area contributed by atoms with Gasteiger partial charge in [-0.25, -0.2) is 4.98 Å². The van der Waals surface area contributed by atoms with Crippen LogP contribution >= 0.6 is 11.8 Å². The molecule has 2 aromatic rings. The van der Waals surface area contributed by atoms with Crippen LogP contribution in [0, 0.1) is 5.92 Å². The topological polar surface area (TPSA) is 17.3 Å². The maximum absolute atomic E-state index is 4.55. The van der Waals surface area contributed by atoms with Crippen molar-refractivity contribution in [3.63, 3.8) is 0 Å². The van der Waals surface area contributed by atoms with E-state index in [2.05, 4.69) is 29.4 Å². The maximum atomic E-state index is 4.55. The van der Waals surface area contributed by atoms with E-state index in [1.807, 2.05) is 36.2 Å². The number of thioether (sulfide) groups is 1. The normalized spacial score (nSPS) is 11.4. The third kappa shape index (κ3) is 2.75. The summed E-state index contributed by atoms with van der Waals surface area (Å²) in [6.07, 6.45) is 4.15. The van der Waals surface area contributed by atoms with E-state index in [1.165, 1.54) is 11.4 Å². The van der Waals surface area contributed by atoms with E-state index in [0.717, 1.165) is 17.3 Å². The Kier molecular flexibility index (Phi) is 3.31. The van der Waals surface area contributed by atoms with Crippen molar-refractivity contribution in [3.8, 4) is 0 Å². The van der Waals surface area contributed by atoms with Crippen LogP contribution in [0.3, 0.4) is 0 Å². The van der Waals surface area contributed by atoms with Gasteiger partial charge < -0.3 is 4.40 Å². The minimum absolute atomic E-state index is 0.757. The molecule has 0 saturated carbocycles. The summed E-state index contributed by atoms with van der Waals surface area (Å²) in [5.41, 5.74) is 2.21. The fourth-order valence-corrected chi connectivity index (χ4v) is 2.39. The summed E-state index contributed by atoms with van der Waals surface area (Å²) in [7, 11) is 0. The van der Waals surface area contributed by atoms with Gasteiger partial charge in [-0.2, -0.15) is 11.8 Å². The summed E-state index contributed by atoms with van der Waals surface area (Å²) < 4.78 is 2.07.